The number of nitrogens with zero attached hydrogens (tertiary/aromatic N) is 3. The van der Waals surface area contributed by atoms with Gasteiger partial charge in [0.1, 0.15) is 5.82 Å². The van der Waals surface area contributed by atoms with Gasteiger partial charge in [0, 0.05) is 24.2 Å². The van der Waals surface area contributed by atoms with E-state index in [1.54, 1.807) is 10.6 Å². The fraction of sp³-hybridized carbons (Fsp3) is 0.333. The molecule has 1 aliphatic heterocycles. The van der Waals surface area contributed by atoms with E-state index in [-0.39, 0.29) is 22.2 Å². The van der Waals surface area contributed by atoms with Crippen LogP contribution in [0.2, 0.25) is 0 Å². The first kappa shape index (κ1) is 20.4. The van der Waals surface area contributed by atoms with E-state index in [0.717, 1.165) is 42.8 Å². The van der Waals surface area contributed by atoms with Gasteiger partial charge >= 0.3 is 4.87 Å². The van der Waals surface area contributed by atoms with Crippen LogP contribution >= 0.6 is 11.3 Å². The van der Waals surface area contributed by atoms with Crippen LogP contribution in [-0.4, -0.2) is 39.8 Å². The molecule has 30 heavy (non-hydrogen) atoms. The lowest BCUT2D eigenvalue weighted by atomic mass is 9.96. The molecule has 0 bridgehead atoms. The molecule has 0 N–H and O–H groups in total. The van der Waals surface area contributed by atoms with Crippen molar-refractivity contribution in [2.45, 2.75) is 19.4 Å². The van der Waals surface area contributed by atoms with Crippen molar-refractivity contribution in [3.05, 3.63) is 73.6 Å². The molecule has 0 aliphatic carbocycles. The normalized spacial score (nSPS) is 15.5. The summed E-state index contributed by atoms with van der Waals surface area (Å²) in [4.78, 5) is 37.2. The smallest absolute Gasteiger partial charge is 0.298 e. The number of hydrogen-bond acceptors (Lipinski definition) is 6. The second-order valence-electron chi connectivity index (χ2n) is 7.54. The van der Waals surface area contributed by atoms with E-state index in [4.69, 9.17) is 0 Å². The molecule has 0 spiro atoms. The molecule has 0 saturated carbocycles. The number of aromatic nitrogens is 1. The molecule has 0 amide bonds. The summed E-state index contributed by atoms with van der Waals surface area (Å²) >= 11 is 1.03. The number of thiazole rings is 1. The number of ketones is 1. The summed E-state index contributed by atoms with van der Waals surface area (Å²) in [5.41, 5.74) is 1.21. The van der Waals surface area contributed by atoms with Gasteiger partial charge in [-0.2, -0.15) is 0 Å². The number of hydrogen-bond donors (Lipinski definition) is 0. The van der Waals surface area contributed by atoms with Crippen LogP contribution in [0.4, 0.5) is 10.1 Å². The van der Waals surface area contributed by atoms with E-state index in [9.17, 15) is 24.1 Å². The van der Waals surface area contributed by atoms with E-state index in [0.29, 0.717) is 29.3 Å². The van der Waals surface area contributed by atoms with Gasteiger partial charge in [-0.05, 0) is 62.2 Å². The molecule has 1 saturated heterocycles. The standard InChI is InChI=1S/C21H20FN3O4S/c22-16-3-1-15(2-4-16)19(26)13-23-9-7-14(8-10-23)12-24-18-6-5-17(25(28)29)11-20(18)30-21(24)27/h1-6,11,14H,7-10,12-13H2. The Balaban J connectivity index is 1.37. The topological polar surface area (TPSA) is 85.5 Å². The number of carbonyl (C=O) groups excluding carboxylic acids is 1. The fourth-order valence-corrected chi connectivity index (χ4v) is 4.79. The maximum absolute atomic E-state index is 13.0. The number of halogens is 1. The van der Waals surface area contributed by atoms with Gasteiger partial charge in [-0.1, -0.05) is 11.3 Å². The van der Waals surface area contributed by atoms with Crippen LogP contribution in [0.15, 0.2) is 47.3 Å². The summed E-state index contributed by atoms with van der Waals surface area (Å²) in [6.07, 6.45) is 1.71. The second kappa shape index (κ2) is 8.45. The number of Topliss-reactive ketones (excluding diaryl/α,β-unsaturated/α-hetero) is 1. The molecule has 1 aliphatic rings. The monoisotopic (exact) mass is 429 g/mol. The summed E-state index contributed by atoms with van der Waals surface area (Å²) in [6.45, 7) is 2.36. The van der Waals surface area contributed by atoms with Crippen LogP contribution in [0.25, 0.3) is 10.2 Å². The van der Waals surface area contributed by atoms with E-state index in [1.807, 2.05) is 0 Å². The number of nitro groups is 1. The Kier molecular flexibility index (Phi) is 5.74. The Morgan fingerprint density at radius 1 is 1.17 bits per heavy atom. The van der Waals surface area contributed by atoms with Gasteiger partial charge in [-0.25, -0.2) is 4.39 Å². The molecule has 3 aromatic rings. The quantitative estimate of drug-likeness (QED) is 0.339. The van der Waals surface area contributed by atoms with E-state index < -0.39 is 4.92 Å². The van der Waals surface area contributed by atoms with Crippen molar-refractivity contribution in [3.63, 3.8) is 0 Å². The molecular weight excluding hydrogens is 409 g/mol. The molecule has 156 valence electrons. The average molecular weight is 429 g/mol. The minimum absolute atomic E-state index is 0.0185. The van der Waals surface area contributed by atoms with Crippen molar-refractivity contribution in [3.8, 4) is 0 Å². The zero-order chi connectivity index (χ0) is 21.3. The van der Waals surface area contributed by atoms with Crippen molar-refractivity contribution in [2.24, 2.45) is 5.92 Å². The van der Waals surface area contributed by atoms with Gasteiger partial charge in [-0.15, -0.1) is 0 Å². The predicted molar refractivity (Wildman–Crippen MR) is 113 cm³/mol. The maximum atomic E-state index is 13.0. The number of fused-ring (bicyclic) bond motifs is 1. The third-order valence-corrected chi connectivity index (χ3v) is 6.49. The zero-order valence-electron chi connectivity index (χ0n) is 16.1. The van der Waals surface area contributed by atoms with Crippen LogP contribution in [0.5, 0.6) is 0 Å². The van der Waals surface area contributed by atoms with Crippen LogP contribution in [0.1, 0.15) is 23.2 Å². The molecule has 1 fully saturated rings. The van der Waals surface area contributed by atoms with Gasteiger partial charge in [0.05, 0.1) is 21.7 Å². The Hall–Kier alpha value is -2.91. The van der Waals surface area contributed by atoms with Gasteiger partial charge < -0.3 is 0 Å². The summed E-state index contributed by atoms with van der Waals surface area (Å²) in [6, 6.07) is 10.1. The summed E-state index contributed by atoms with van der Waals surface area (Å²) in [5, 5.41) is 10.9. The highest BCUT2D eigenvalue weighted by atomic mass is 32.1. The van der Waals surface area contributed by atoms with Gasteiger partial charge in [0.15, 0.2) is 5.78 Å². The van der Waals surface area contributed by atoms with Crippen LogP contribution in [-0.2, 0) is 6.54 Å². The Bertz CT molecular complexity index is 1150. The Morgan fingerprint density at radius 2 is 1.87 bits per heavy atom. The number of non-ortho nitro benzene ring substituents is 1. The Labute approximate surface area is 175 Å². The number of carbonyl (C=O) groups is 1. The molecular formula is C21H20FN3O4S. The number of piperidine rings is 1. The van der Waals surface area contributed by atoms with Gasteiger partial charge in [0.25, 0.3) is 5.69 Å². The van der Waals surface area contributed by atoms with E-state index in [1.165, 1.54) is 36.4 Å². The third-order valence-electron chi connectivity index (χ3n) is 5.54. The molecule has 0 radical (unpaired) electrons. The summed E-state index contributed by atoms with van der Waals surface area (Å²) < 4.78 is 15.3. The molecule has 4 rings (SSSR count). The van der Waals surface area contributed by atoms with E-state index >= 15 is 0 Å². The highest BCUT2D eigenvalue weighted by Crippen LogP contribution is 2.26. The maximum Gasteiger partial charge on any atom is 0.308 e. The molecule has 0 atom stereocenters. The average Bonchev–Trinajstić information content (AvgIpc) is 3.04. The first-order chi connectivity index (χ1) is 14.4. The minimum atomic E-state index is -0.461. The molecule has 9 heteroatoms. The summed E-state index contributed by atoms with van der Waals surface area (Å²) in [7, 11) is 0. The lowest BCUT2D eigenvalue weighted by Crippen LogP contribution is -2.38. The van der Waals surface area contributed by atoms with Crippen LogP contribution in [0.3, 0.4) is 0 Å². The van der Waals surface area contributed by atoms with E-state index in [2.05, 4.69) is 4.90 Å². The SMILES string of the molecule is O=C(CN1CCC(Cn2c(=O)sc3cc([N+](=O)[O-])ccc32)CC1)c1ccc(F)cc1. The highest BCUT2D eigenvalue weighted by molar-refractivity contribution is 7.16. The molecule has 0 unspecified atom stereocenters. The van der Waals surface area contributed by atoms with Crippen LogP contribution in [0, 0.1) is 21.8 Å². The van der Waals surface area contributed by atoms with Gasteiger partial charge in [-0.3, -0.25) is 29.2 Å². The first-order valence-electron chi connectivity index (χ1n) is 9.69. The lowest BCUT2D eigenvalue weighted by Gasteiger charge is -2.31. The molecule has 2 heterocycles. The first-order valence-corrected chi connectivity index (χ1v) is 10.5. The van der Waals surface area contributed by atoms with Crippen molar-refractivity contribution in [2.75, 3.05) is 19.6 Å². The predicted octanol–water partition coefficient (Wildman–Crippen LogP) is 3.71. The molecule has 1 aromatic heterocycles. The third kappa shape index (κ3) is 4.31. The van der Waals surface area contributed by atoms with Gasteiger partial charge in [0.2, 0.25) is 0 Å². The molecule has 7 nitrogen and oxygen atoms in total. The Morgan fingerprint density at radius 3 is 2.53 bits per heavy atom. The largest absolute Gasteiger partial charge is 0.308 e. The van der Waals surface area contributed by atoms with Crippen molar-refractivity contribution in [1.29, 1.82) is 0 Å². The van der Waals surface area contributed by atoms with Crippen molar-refractivity contribution < 1.29 is 14.1 Å². The van der Waals surface area contributed by atoms with Crippen LogP contribution < -0.4 is 4.87 Å². The zero-order valence-corrected chi connectivity index (χ0v) is 16.9. The lowest BCUT2D eigenvalue weighted by molar-refractivity contribution is -0.384. The molecule has 2 aromatic carbocycles. The van der Waals surface area contributed by atoms with Crippen molar-refractivity contribution >= 4 is 33.0 Å². The number of benzene rings is 2. The fourth-order valence-electron chi connectivity index (χ4n) is 3.86. The number of rotatable bonds is 6. The highest BCUT2D eigenvalue weighted by Gasteiger charge is 2.23. The number of nitro benzene ring substituents is 1. The number of likely N-dealkylation sites (tertiary alicyclic amines) is 1. The summed E-state index contributed by atoms with van der Waals surface area (Å²) in [5.74, 6) is -0.0962. The van der Waals surface area contributed by atoms with Crippen molar-refractivity contribution in [1.82, 2.24) is 9.47 Å². The second-order valence-corrected chi connectivity index (χ2v) is 8.53. The minimum Gasteiger partial charge on any atom is -0.298 e.